The van der Waals surface area contributed by atoms with Gasteiger partial charge in [0.15, 0.2) is 0 Å². The minimum absolute atomic E-state index is 0.745. The van der Waals surface area contributed by atoms with Crippen molar-refractivity contribution in [3.63, 3.8) is 0 Å². The Kier molecular flexibility index (Phi) is 5.09. The van der Waals surface area contributed by atoms with Gasteiger partial charge in [-0.25, -0.2) is 4.68 Å². The van der Waals surface area contributed by atoms with Crippen LogP contribution in [0.5, 0.6) is 5.75 Å². The Morgan fingerprint density at radius 3 is 2.90 bits per heavy atom. The third-order valence-electron chi connectivity index (χ3n) is 3.45. The molecule has 0 amide bonds. The molecule has 5 heteroatoms. The predicted octanol–water partition coefficient (Wildman–Crippen LogP) is 2.85. The molecule has 3 N–H and O–H groups in total. The van der Waals surface area contributed by atoms with Crippen molar-refractivity contribution in [2.75, 3.05) is 24.7 Å². The third kappa shape index (κ3) is 3.68. The van der Waals surface area contributed by atoms with Crippen molar-refractivity contribution in [2.24, 2.45) is 0 Å². The maximum atomic E-state index is 6.09. The van der Waals surface area contributed by atoms with Crippen molar-refractivity contribution in [1.29, 1.82) is 0 Å². The van der Waals surface area contributed by atoms with Crippen molar-refractivity contribution in [3.8, 4) is 5.75 Å². The molecule has 2 aromatic rings. The molecular formula is C16H24N4O. The quantitative estimate of drug-likeness (QED) is 0.822. The first kappa shape index (κ1) is 15.2. The smallest absolute Gasteiger partial charge is 0.148 e. The van der Waals surface area contributed by atoms with E-state index in [0.717, 1.165) is 48.9 Å². The van der Waals surface area contributed by atoms with Crippen molar-refractivity contribution in [3.05, 3.63) is 35.5 Å². The lowest BCUT2D eigenvalue weighted by Gasteiger charge is -2.10. The van der Waals surface area contributed by atoms with E-state index in [2.05, 4.69) is 29.5 Å². The summed E-state index contributed by atoms with van der Waals surface area (Å²) in [6.07, 6.45) is 1.94. The van der Waals surface area contributed by atoms with Gasteiger partial charge in [0.2, 0.25) is 0 Å². The third-order valence-corrected chi connectivity index (χ3v) is 3.45. The minimum Gasteiger partial charge on any atom is -0.497 e. The zero-order chi connectivity index (χ0) is 15.2. The van der Waals surface area contributed by atoms with Gasteiger partial charge in [0.1, 0.15) is 11.6 Å². The van der Waals surface area contributed by atoms with E-state index in [4.69, 9.17) is 10.5 Å². The largest absolute Gasteiger partial charge is 0.497 e. The first-order valence-corrected chi connectivity index (χ1v) is 7.35. The van der Waals surface area contributed by atoms with Crippen LogP contribution in [0.3, 0.4) is 0 Å². The topological polar surface area (TPSA) is 65.1 Å². The highest BCUT2D eigenvalue weighted by molar-refractivity contribution is 5.64. The maximum Gasteiger partial charge on any atom is 0.148 e. The number of benzene rings is 1. The van der Waals surface area contributed by atoms with E-state index in [1.807, 2.05) is 23.7 Å². The molecule has 1 heterocycles. The minimum atomic E-state index is 0.745. The summed E-state index contributed by atoms with van der Waals surface area (Å²) in [5.41, 5.74) is 8.95. The average molecular weight is 288 g/mol. The molecule has 0 aliphatic heterocycles. The normalized spacial score (nSPS) is 10.6. The fourth-order valence-electron chi connectivity index (χ4n) is 2.31. The van der Waals surface area contributed by atoms with E-state index < -0.39 is 0 Å². The molecule has 0 radical (unpaired) electrons. The number of nitrogens with two attached hydrogens (primary N) is 1. The number of nitrogens with zero attached hydrogens (tertiary/aromatic N) is 2. The lowest BCUT2D eigenvalue weighted by atomic mass is 10.1. The van der Waals surface area contributed by atoms with Crippen LogP contribution in [0.25, 0.3) is 0 Å². The molecule has 0 unspecified atom stereocenters. The number of hydrogen-bond acceptors (Lipinski definition) is 4. The van der Waals surface area contributed by atoms with E-state index in [-0.39, 0.29) is 0 Å². The van der Waals surface area contributed by atoms with Gasteiger partial charge in [-0.3, -0.25) is 0 Å². The van der Waals surface area contributed by atoms with Crippen molar-refractivity contribution >= 4 is 11.5 Å². The molecule has 0 saturated carbocycles. The predicted molar refractivity (Wildman–Crippen MR) is 86.9 cm³/mol. The van der Waals surface area contributed by atoms with Crippen LogP contribution in [0, 0.1) is 6.92 Å². The Balaban J connectivity index is 1.99. The van der Waals surface area contributed by atoms with Gasteiger partial charge in [0.05, 0.1) is 18.5 Å². The lowest BCUT2D eigenvalue weighted by Crippen LogP contribution is -2.12. The zero-order valence-corrected chi connectivity index (χ0v) is 13.0. The molecule has 0 fully saturated rings. The van der Waals surface area contributed by atoms with Gasteiger partial charge in [0.25, 0.3) is 0 Å². The van der Waals surface area contributed by atoms with Gasteiger partial charge >= 0.3 is 0 Å². The van der Waals surface area contributed by atoms with E-state index in [0.29, 0.717) is 0 Å². The Labute approximate surface area is 126 Å². The van der Waals surface area contributed by atoms with Crippen molar-refractivity contribution in [2.45, 2.75) is 33.2 Å². The van der Waals surface area contributed by atoms with Gasteiger partial charge in [-0.1, -0.05) is 19.1 Å². The van der Waals surface area contributed by atoms with Gasteiger partial charge in [0, 0.05) is 13.1 Å². The molecule has 21 heavy (non-hydrogen) atoms. The monoisotopic (exact) mass is 288 g/mol. The maximum absolute atomic E-state index is 6.09. The molecule has 0 atom stereocenters. The molecule has 0 spiro atoms. The Morgan fingerprint density at radius 2 is 2.19 bits per heavy atom. The first-order chi connectivity index (χ1) is 10.2. The number of aromatic nitrogens is 2. The highest BCUT2D eigenvalue weighted by Gasteiger charge is 2.11. The summed E-state index contributed by atoms with van der Waals surface area (Å²) in [6, 6.07) is 8.12. The summed E-state index contributed by atoms with van der Waals surface area (Å²) in [7, 11) is 1.68. The first-order valence-electron chi connectivity index (χ1n) is 7.35. The van der Waals surface area contributed by atoms with Crippen LogP contribution in [0.4, 0.5) is 11.5 Å². The standard InChI is InChI=1S/C16H24N4O/c1-4-10-20-16(15(17)12(2)19-20)18-9-8-13-6-5-7-14(11-13)21-3/h5-7,11,18H,4,8-10,17H2,1-3H3. The van der Waals surface area contributed by atoms with Crippen LogP contribution < -0.4 is 15.8 Å². The van der Waals surface area contributed by atoms with Crippen LogP contribution in [0.15, 0.2) is 24.3 Å². The summed E-state index contributed by atoms with van der Waals surface area (Å²) >= 11 is 0. The summed E-state index contributed by atoms with van der Waals surface area (Å²) < 4.78 is 7.19. The second-order valence-corrected chi connectivity index (χ2v) is 5.10. The fraction of sp³-hybridized carbons (Fsp3) is 0.438. The second-order valence-electron chi connectivity index (χ2n) is 5.10. The number of nitrogens with one attached hydrogen (secondary N) is 1. The van der Waals surface area contributed by atoms with E-state index in [9.17, 15) is 0 Å². The van der Waals surface area contributed by atoms with Gasteiger partial charge in [-0.05, 0) is 37.5 Å². The van der Waals surface area contributed by atoms with Crippen LogP contribution >= 0.6 is 0 Å². The summed E-state index contributed by atoms with van der Waals surface area (Å²) in [5.74, 6) is 1.82. The molecule has 1 aromatic carbocycles. The van der Waals surface area contributed by atoms with Gasteiger partial charge in [-0.2, -0.15) is 5.10 Å². The molecule has 2 rings (SSSR count). The van der Waals surface area contributed by atoms with E-state index in [1.165, 1.54) is 5.56 Å². The Morgan fingerprint density at radius 1 is 1.38 bits per heavy atom. The van der Waals surface area contributed by atoms with Crippen molar-refractivity contribution in [1.82, 2.24) is 9.78 Å². The van der Waals surface area contributed by atoms with Crippen LogP contribution in [-0.4, -0.2) is 23.4 Å². The molecule has 1 aromatic heterocycles. The van der Waals surface area contributed by atoms with Crippen LogP contribution in [0.1, 0.15) is 24.6 Å². The summed E-state index contributed by atoms with van der Waals surface area (Å²) in [6.45, 7) is 5.76. The number of aryl methyl sites for hydroxylation is 2. The van der Waals surface area contributed by atoms with E-state index in [1.54, 1.807) is 7.11 Å². The van der Waals surface area contributed by atoms with Gasteiger partial charge < -0.3 is 15.8 Å². The Hall–Kier alpha value is -2.17. The highest BCUT2D eigenvalue weighted by atomic mass is 16.5. The fourth-order valence-corrected chi connectivity index (χ4v) is 2.31. The molecule has 0 saturated heterocycles. The lowest BCUT2D eigenvalue weighted by molar-refractivity contribution is 0.414. The number of hydrogen-bond donors (Lipinski definition) is 2. The summed E-state index contributed by atoms with van der Waals surface area (Å²) in [5, 5.41) is 7.87. The number of ether oxygens (including phenoxy) is 1. The van der Waals surface area contributed by atoms with E-state index >= 15 is 0 Å². The molecule has 0 aliphatic carbocycles. The van der Waals surface area contributed by atoms with Crippen LogP contribution in [0.2, 0.25) is 0 Å². The van der Waals surface area contributed by atoms with Crippen LogP contribution in [-0.2, 0) is 13.0 Å². The zero-order valence-electron chi connectivity index (χ0n) is 13.0. The second kappa shape index (κ2) is 7.02. The molecule has 0 bridgehead atoms. The molecule has 114 valence electrons. The summed E-state index contributed by atoms with van der Waals surface area (Å²) in [4.78, 5) is 0. The number of nitrogen functional groups attached to an aromatic ring is 1. The average Bonchev–Trinajstić information content (AvgIpc) is 2.75. The number of anilines is 2. The van der Waals surface area contributed by atoms with Crippen molar-refractivity contribution < 1.29 is 4.74 Å². The molecule has 0 aliphatic rings. The SMILES string of the molecule is CCCn1nc(C)c(N)c1NCCc1cccc(OC)c1. The van der Waals surface area contributed by atoms with Gasteiger partial charge in [-0.15, -0.1) is 0 Å². The highest BCUT2D eigenvalue weighted by Crippen LogP contribution is 2.22. The number of rotatable bonds is 7. The Bertz CT molecular complexity index is 592. The number of methoxy groups -OCH3 is 1. The molecular weight excluding hydrogens is 264 g/mol. The molecule has 5 nitrogen and oxygen atoms in total.